The Hall–Kier alpha value is -4.30. The number of nitrogens with one attached hydrogen (secondary N) is 2. The monoisotopic (exact) mass is 483 g/mol. The molecule has 8 heteroatoms. The molecular formula is C27H25N5O2S. The lowest BCUT2D eigenvalue weighted by molar-refractivity contribution is -0.102. The molecule has 0 saturated heterocycles. The van der Waals surface area contributed by atoms with Gasteiger partial charge in [0.25, 0.3) is 0 Å². The lowest BCUT2D eigenvalue weighted by atomic mass is 10.1. The van der Waals surface area contributed by atoms with Gasteiger partial charge in [-0.3, -0.25) is 15.6 Å². The molecule has 3 aromatic carbocycles. The highest BCUT2D eigenvalue weighted by molar-refractivity contribution is 7.16. The van der Waals surface area contributed by atoms with E-state index in [9.17, 15) is 4.79 Å². The zero-order valence-electron chi connectivity index (χ0n) is 19.4. The van der Waals surface area contributed by atoms with Gasteiger partial charge < -0.3 is 4.74 Å². The number of hydrogen-bond acceptors (Lipinski definition) is 8. The third-order valence-electron chi connectivity index (χ3n) is 4.99. The quantitative estimate of drug-likeness (QED) is 0.164. The van der Waals surface area contributed by atoms with Gasteiger partial charge in [0.1, 0.15) is 11.5 Å². The van der Waals surface area contributed by atoms with Crippen LogP contribution in [-0.4, -0.2) is 29.3 Å². The van der Waals surface area contributed by atoms with Gasteiger partial charge in [-0.05, 0) is 26.0 Å². The van der Waals surface area contributed by atoms with Crippen molar-refractivity contribution in [2.45, 2.75) is 13.8 Å². The van der Waals surface area contributed by atoms with Gasteiger partial charge in [-0.15, -0.1) is 11.3 Å². The molecule has 176 valence electrons. The van der Waals surface area contributed by atoms with Gasteiger partial charge in [0, 0.05) is 16.0 Å². The fraction of sp³-hybridized carbons (Fsp3) is 0.111. The van der Waals surface area contributed by atoms with Crippen molar-refractivity contribution in [1.29, 1.82) is 0 Å². The van der Waals surface area contributed by atoms with Gasteiger partial charge in [0.2, 0.25) is 5.13 Å². The van der Waals surface area contributed by atoms with E-state index < -0.39 is 0 Å². The van der Waals surface area contributed by atoms with E-state index in [0.717, 1.165) is 21.7 Å². The number of thiazole rings is 1. The number of nitrogens with zero attached hydrogens (tertiary/aromatic N) is 3. The molecule has 0 aliphatic rings. The highest BCUT2D eigenvalue weighted by Gasteiger charge is 2.14. The Morgan fingerprint density at radius 1 is 0.943 bits per heavy atom. The first-order valence-corrected chi connectivity index (χ1v) is 11.9. The maximum absolute atomic E-state index is 12.1. The summed E-state index contributed by atoms with van der Waals surface area (Å²) in [6.45, 7) is 4.44. The SMILES string of the molecule is CCOc1ccccc1N/N=C(C=O)\C(=N/Nc1nc(-c2ccccc2)c(C)s1)c1ccccc1. The molecule has 0 aliphatic carbocycles. The minimum absolute atomic E-state index is 0.131. The first-order chi connectivity index (χ1) is 17.2. The highest BCUT2D eigenvalue weighted by atomic mass is 32.1. The molecule has 0 fully saturated rings. The summed E-state index contributed by atoms with van der Waals surface area (Å²) in [7, 11) is 0. The van der Waals surface area contributed by atoms with Crippen LogP contribution in [0.1, 0.15) is 17.4 Å². The summed E-state index contributed by atoms with van der Waals surface area (Å²) in [5.41, 5.74) is 9.80. The number of para-hydroxylation sites is 2. The van der Waals surface area contributed by atoms with Crippen LogP contribution in [0, 0.1) is 6.92 Å². The number of anilines is 2. The summed E-state index contributed by atoms with van der Waals surface area (Å²) in [5.74, 6) is 0.645. The fourth-order valence-electron chi connectivity index (χ4n) is 3.37. The Morgan fingerprint density at radius 3 is 2.34 bits per heavy atom. The van der Waals surface area contributed by atoms with Gasteiger partial charge in [-0.25, -0.2) is 4.98 Å². The molecule has 0 atom stereocenters. The van der Waals surface area contributed by atoms with Crippen LogP contribution in [0.15, 0.2) is 95.1 Å². The number of rotatable bonds is 10. The smallest absolute Gasteiger partial charge is 0.204 e. The number of hydrazone groups is 2. The molecule has 2 N–H and O–H groups in total. The van der Waals surface area contributed by atoms with Crippen LogP contribution >= 0.6 is 11.3 Å². The summed E-state index contributed by atoms with van der Waals surface area (Å²) in [6.07, 6.45) is 0.673. The van der Waals surface area contributed by atoms with Gasteiger partial charge >= 0.3 is 0 Å². The second-order valence-corrected chi connectivity index (χ2v) is 8.59. The van der Waals surface area contributed by atoms with E-state index in [1.165, 1.54) is 11.3 Å². The number of aryl methyl sites for hydroxylation is 1. The highest BCUT2D eigenvalue weighted by Crippen LogP contribution is 2.30. The third-order valence-corrected chi connectivity index (χ3v) is 5.87. The molecule has 35 heavy (non-hydrogen) atoms. The van der Waals surface area contributed by atoms with Gasteiger partial charge in [0.05, 0.1) is 18.0 Å². The lowest BCUT2D eigenvalue weighted by Crippen LogP contribution is -2.20. The van der Waals surface area contributed by atoms with Crippen molar-refractivity contribution >= 4 is 39.9 Å². The largest absolute Gasteiger partial charge is 0.492 e. The number of ether oxygens (including phenoxy) is 1. The molecule has 1 heterocycles. The predicted octanol–water partition coefficient (Wildman–Crippen LogP) is 6.00. The molecule has 0 spiro atoms. The molecular weight excluding hydrogens is 458 g/mol. The number of benzene rings is 3. The van der Waals surface area contributed by atoms with E-state index in [1.54, 1.807) is 0 Å². The average molecular weight is 484 g/mol. The number of aromatic nitrogens is 1. The molecule has 0 radical (unpaired) electrons. The van der Waals surface area contributed by atoms with Crippen LogP contribution in [0.5, 0.6) is 5.75 Å². The van der Waals surface area contributed by atoms with Crippen molar-refractivity contribution < 1.29 is 9.53 Å². The maximum atomic E-state index is 12.1. The fourth-order valence-corrected chi connectivity index (χ4v) is 4.15. The van der Waals surface area contributed by atoms with Crippen molar-refractivity contribution in [3.8, 4) is 17.0 Å². The number of carbonyl (C=O) groups is 1. The topological polar surface area (TPSA) is 88.0 Å². The zero-order chi connectivity index (χ0) is 24.5. The summed E-state index contributed by atoms with van der Waals surface area (Å²) in [6, 6.07) is 26.8. The molecule has 7 nitrogen and oxygen atoms in total. The Labute approximate surface area is 208 Å². The summed E-state index contributed by atoms with van der Waals surface area (Å²) >= 11 is 1.49. The van der Waals surface area contributed by atoms with E-state index in [2.05, 4.69) is 21.1 Å². The average Bonchev–Trinajstić information content (AvgIpc) is 3.28. The first-order valence-electron chi connectivity index (χ1n) is 11.1. The van der Waals surface area contributed by atoms with Crippen molar-refractivity contribution in [2.75, 3.05) is 17.5 Å². The Morgan fingerprint density at radius 2 is 1.63 bits per heavy atom. The Kier molecular flexibility index (Phi) is 7.98. The minimum Gasteiger partial charge on any atom is -0.492 e. The van der Waals surface area contributed by atoms with Crippen LogP contribution in [0.25, 0.3) is 11.3 Å². The van der Waals surface area contributed by atoms with Gasteiger partial charge in [-0.1, -0.05) is 72.8 Å². The normalized spacial score (nSPS) is 11.7. The molecule has 0 aliphatic heterocycles. The van der Waals surface area contributed by atoms with Crippen molar-refractivity contribution in [2.24, 2.45) is 10.2 Å². The molecule has 0 amide bonds. The minimum atomic E-state index is 0.131. The second-order valence-electron chi connectivity index (χ2n) is 7.38. The molecule has 0 bridgehead atoms. The van der Waals surface area contributed by atoms with E-state index >= 15 is 0 Å². The van der Waals surface area contributed by atoms with Crippen LogP contribution in [-0.2, 0) is 4.79 Å². The van der Waals surface area contributed by atoms with Crippen molar-refractivity contribution in [3.05, 3.63) is 95.4 Å². The molecule has 4 rings (SSSR count). The molecule has 0 unspecified atom stereocenters. The van der Waals surface area contributed by atoms with Gasteiger partial charge in [0.15, 0.2) is 12.0 Å². The van der Waals surface area contributed by atoms with E-state index in [4.69, 9.17) is 9.72 Å². The van der Waals surface area contributed by atoms with Crippen LogP contribution in [0.3, 0.4) is 0 Å². The lowest BCUT2D eigenvalue weighted by Gasteiger charge is -2.10. The van der Waals surface area contributed by atoms with Gasteiger partial charge in [-0.2, -0.15) is 10.2 Å². The summed E-state index contributed by atoms with van der Waals surface area (Å²) in [4.78, 5) is 17.8. The first kappa shape index (κ1) is 23.8. The Bertz CT molecular complexity index is 1330. The molecule has 1 aromatic heterocycles. The van der Waals surface area contributed by atoms with E-state index in [0.29, 0.717) is 35.2 Å². The van der Waals surface area contributed by atoms with Crippen molar-refractivity contribution in [1.82, 2.24) is 4.98 Å². The van der Waals surface area contributed by atoms with Crippen LogP contribution < -0.4 is 15.6 Å². The predicted molar refractivity (Wildman–Crippen MR) is 144 cm³/mol. The van der Waals surface area contributed by atoms with Crippen LogP contribution in [0.2, 0.25) is 0 Å². The third kappa shape index (κ3) is 5.99. The maximum Gasteiger partial charge on any atom is 0.204 e. The number of carbonyl (C=O) groups excluding carboxylic acids is 1. The summed E-state index contributed by atoms with van der Waals surface area (Å²) < 4.78 is 5.63. The number of aldehydes is 1. The van der Waals surface area contributed by atoms with E-state index in [-0.39, 0.29) is 5.71 Å². The summed E-state index contributed by atoms with van der Waals surface area (Å²) in [5, 5.41) is 9.50. The molecule has 0 saturated carbocycles. The second kappa shape index (κ2) is 11.7. The van der Waals surface area contributed by atoms with Crippen molar-refractivity contribution in [3.63, 3.8) is 0 Å². The van der Waals surface area contributed by atoms with E-state index in [1.807, 2.05) is 98.8 Å². The molecule has 4 aromatic rings. The zero-order valence-corrected chi connectivity index (χ0v) is 20.3. The Balaban J connectivity index is 1.65. The standard InChI is InChI=1S/C27H25N5O2S/c1-3-34-24-17-11-10-16-22(24)29-30-23(18-33)26(21-14-8-5-9-15-21)31-32-27-28-25(19(2)35-27)20-12-6-4-7-13-20/h4-18,29H,3H2,1-2H3,(H,28,32)/b30-23-,31-26-. The number of hydrogen-bond donors (Lipinski definition) is 2. The van der Waals surface area contributed by atoms with Crippen LogP contribution in [0.4, 0.5) is 10.8 Å².